The Labute approximate surface area is 118 Å². The first-order chi connectivity index (χ1) is 10.0. The van der Waals surface area contributed by atoms with Crippen LogP contribution in [0.2, 0.25) is 0 Å². The predicted octanol–water partition coefficient (Wildman–Crippen LogP) is -2.62. The number of ether oxygens (including phenoxy) is 1. The summed E-state index contributed by atoms with van der Waals surface area (Å²) in [5, 5.41) is 38.5. The number of aliphatic hydroxyl groups is 4. The van der Waals surface area contributed by atoms with Gasteiger partial charge in [0.25, 0.3) is 0 Å². The summed E-state index contributed by atoms with van der Waals surface area (Å²) in [6.07, 6.45) is -3.51. The fourth-order valence-corrected chi connectivity index (χ4v) is 2.39. The number of hydrogen-bond donors (Lipinski definition) is 5. The molecule has 2 aromatic rings. The lowest BCUT2D eigenvalue weighted by molar-refractivity contribution is -0.0962. The van der Waals surface area contributed by atoms with Crippen molar-refractivity contribution in [2.24, 2.45) is 0 Å². The van der Waals surface area contributed by atoms with E-state index < -0.39 is 37.3 Å². The Balaban J connectivity index is 1.98. The first kappa shape index (κ1) is 14.1. The summed E-state index contributed by atoms with van der Waals surface area (Å²) >= 11 is 0. The summed E-state index contributed by atoms with van der Waals surface area (Å²) < 4.78 is 6.84. The molecule has 5 atom stereocenters. The number of imidazole rings is 1. The highest BCUT2D eigenvalue weighted by molar-refractivity contribution is 5.81. The Kier molecular flexibility index (Phi) is 3.47. The third-order valence-electron chi connectivity index (χ3n) is 3.50. The number of nitrogen functional groups attached to an aromatic ring is 1. The van der Waals surface area contributed by atoms with Crippen molar-refractivity contribution in [3.8, 4) is 0 Å². The molecule has 0 saturated carbocycles. The maximum atomic E-state index is 10.1. The number of fused-ring (bicyclic) bond motifs is 1. The molecule has 0 aliphatic carbocycles. The molecule has 10 nitrogen and oxygen atoms in total. The van der Waals surface area contributed by atoms with Gasteiger partial charge in [0.2, 0.25) is 0 Å². The van der Waals surface area contributed by atoms with E-state index in [1.807, 2.05) is 0 Å². The molecule has 1 saturated heterocycles. The zero-order valence-electron chi connectivity index (χ0n) is 10.8. The van der Waals surface area contributed by atoms with Crippen LogP contribution in [0.4, 0.5) is 5.82 Å². The van der Waals surface area contributed by atoms with Crippen LogP contribution in [-0.2, 0) is 4.74 Å². The van der Waals surface area contributed by atoms with E-state index in [9.17, 15) is 15.3 Å². The largest absolute Gasteiger partial charge is 0.394 e. The first-order valence-electron chi connectivity index (χ1n) is 6.28. The number of nitrogens with two attached hydrogens (primary N) is 1. The molecule has 6 N–H and O–H groups in total. The summed E-state index contributed by atoms with van der Waals surface area (Å²) in [6, 6.07) is 0. The zero-order chi connectivity index (χ0) is 15.1. The van der Waals surface area contributed by atoms with Crippen LogP contribution >= 0.6 is 0 Å². The SMILES string of the molecule is Nc1ncnc2c1ncn2[C@@H]1O[C@H]([C@H](O)CO)[C@H](O)[C@@H]1O. The Hall–Kier alpha value is -1.85. The van der Waals surface area contributed by atoms with Gasteiger partial charge in [-0.2, -0.15) is 0 Å². The quantitative estimate of drug-likeness (QED) is 0.408. The molecule has 0 unspecified atom stereocenters. The van der Waals surface area contributed by atoms with Gasteiger partial charge in [0.15, 0.2) is 17.7 Å². The normalized spacial score (nSPS) is 30.9. The lowest BCUT2D eigenvalue weighted by atomic mass is 10.1. The smallest absolute Gasteiger partial charge is 0.167 e. The van der Waals surface area contributed by atoms with E-state index in [-0.39, 0.29) is 5.82 Å². The molecule has 0 radical (unpaired) electrons. The average Bonchev–Trinajstić information content (AvgIpc) is 3.02. The van der Waals surface area contributed by atoms with Crippen LogP contribution in [0.15, 0.2) is 12.7 Å². The van der Waals surface area contributed by atoms with Gasteiger partial charge >= 0.3 is 0 Å². The summed E-state index contributed by atoms with van der Waals surface area (Å²) in [4.78, 5) is 11.9. The Morgan fingerprint density at radius 1 is 1.29 bits per heavy atom. The highest BCUT2D eigenvalue weighted by Crippen LogP contribution is 2.33. The van der Waals surface area contributed by atoms with Crippen LogP contribution in [0.1, 0.15) is 6.23 Å². The van der Waals surface area contributed by atoms with Gasteiger partial charge in [-0.05, 0) is 0 Å². The second kappa shape index (κ2) is 5.16. The summed E-state index contributed by atoms with van der Waals surface area (Å²) in [7, 11) is 0. The van der Waals surface area contributed by atoms with Crippen molar-refractivity contribution in [2.45, 2.75) is 30.6 Å². The van der Waals surface area contributed by atoms with Gasteiger partial charge < -0.3 is 30.9 Å². The van der Waals surface area contributed by atoms with E-state index in [4.69, 9.17) is 15.6 Å². The van der Waals surface area contributed by atoms with Crippen LogP contribution in [-0.4, -0.2) is 71.0 Å². The molecule has 2 aromatic heterocycles. The number of rotatable bonds is 3. The average molecular weight is 297 g/mol. The van der Waals surface area contributed by atoms with Crippen molar-refractivity contribution in [3.05, 3.63) is 12.7 Å². The monoisotopic (exact) mass is 297 g/mol. The second-order valence-corrected chi connectivity index (χ2v) is 4.81. The molecule has 3 heterocycles. The lowest BCUT2D eigenvalue weighted by Gasteiger charge is -2.18. The van der Waals surface area contributed by atoms with Crippen LogP contribution in [0.3, 0.4) is 0 Å². The van der Waals surface area contributed by atoms with Crippen molar-refractivity contribution < 1.29 is 25.2 Å². The van der Waals surface area contributed by atoms with E-state index in [1.165, 1.54) is 17.2 Å². The Morgan fingerprint density at radius 3 is 2.76 bits per heavy atom. The van der Waals surface area contributed by atoms with E-state index in [0.717, 1.165) is 0 Å². The maximum absolute atomic E-state index is 10.1. The molecular weight excluding hydrogens is 282 g/mol. The van der Waals surface area contributed by atoms with Crippen LogP contribution < -0.4 is 5.73 Å². The van der Waals surface area contributed by atoms with Gasteiger partial charge in [0, 0.05) is 0 Å². The standard InChI is InChI=1S/C11H15N5O5/c12-9-5-10(14-2-13-9)16(3-15-5)11-7(20)6(19)8(21-11)4(18)1-17/h2-4,6-8,11,17-20H,1H2,(H2,12,13,14)/t4-,6-,7+,8-,11-/m1/s1. The summed E-state index contributed by atoms with van der Waals surface area (Å²) in [6.45, 7) is -0.596. The number of aliphatic hydroxyl groups excluding tert-OH is 4. The Bertz CT molecular complexity index is 649. The van der Waals surface area contributed by atoms with Crippen molar-refractivity contribution in [1.29, 1.82) is 0 Å². The molecule has 0 bridgehead atoms. The minimum Gasteiger partial charge on any atom is -0.394 e. The van der Waals surface area contributed by atoms with Gasteiger partial charge in [-0.15, -0.1) is 0 Å². The van der Waals surface area contributed by atoms with Crippen molar-refractivity contribution >= 4 is 17.0 Å². The predicted molar refractivity (Wildman–Crippen MR) is 68.8 cm³/mol. The molecule has 21 heavy (non-hydrogen) atoms. The molecular formula is C11H15N5O5. The van der Waals surface area contributed by atoms with E-state index in [1.54, 1.807) is 0 Å². The van der Waals surface area contributed by atoms with Crippen LogP contribution in [0.25, 0.3) is 11.2 Å². The second-order valence-electron chi connectivity index (χ2n) is 4.81. The van der Waals surface area contributed by atoms with Gasteiger partial charge in [0.05, 0.1) is 12.9 Å². The lowest BCUT2D eigenvalue weighted by Crippen LogP contribution is -2.40. The molecule has 1 fully saturated rings. The summed E-state index contributed by atoms with van der Waals surface area (Å²) in [5.41, 5.74) is 6.35. The number of anilines is 1. The number of aromatic nitrogens is 4. The van der Waals surface area contributed by atoms with Gasteiger partial charge in [-0.3, -0.25) is 4.57 Å². The van der Waals surface area contributed by atoms with Gasteiger partial charge in [-0.1, -0.05) is 0 Å². The van der Waals surface area contributed by atoms with E-state index in [2.05, 4.69) is 15.0 Å². The third kappa shape index (κ3) is 2.13. The topological polar surface area (TPSA) is 160 Å². The highest BCUT2D eigenvalue weighted by atomic mass is 16.6. The van der Waals surface area contributed by atoms with Crippen molar-refractivity contribution in [3.63, 3.8) is 0 Å². The maximum Gasteiger partial charge on any atom is 0.167 e. The summed E-state index contributed by atoms with van der Waals surface area (Å²) in [5.74, 6) is 0.179. The Morgan fingerprint density at radius 2 is 2.05 bits per heavy atom. The first-order valence-corrected chi connectivity index (χ1v) is 6.28. The van der Waals surface area contributed by atoms with Crippen LogP contribution in [0, 0.1) is 0 Å². The molecule has 0 aromatic carbocycles. The third-order valence-corrected chi connectivity index (χ3v) is 3.50. The molecule has 114 valence electrons. The van der Waals surface area contributed by atoms with Crippen LogP contribution in [0.5, 0.6) is 0 Å². The number of hydrogen-bond acceptors (Lipinski definition) is 9. The molecule has 0 amide bonds. The van der Waals surface area contributed by atoms with Crippen molar-refractivity contribution in [1.82, 2.24) is 19.5 Å². The van der Waals surface area contributed by atoms with Gasteiger partial charge in [-0.25, -0.2) is 15.0 Å². The minimum atomic E-state index is -1.35. The zero-order valence-corrected chi connectivity index (χ0v) is 10.8. The van der Waals surface area contributed by atoms with E-state index >= 15 is 0 Å². The molecule has 1 aliphatic heterocycles. The molecule has 3 rings (SSSR count). The number of nitrogens with zero attached hydrogens (tertiary/aromatic N) is 4. The fraction of sp³-hybridized carbons (Fsp3) is 0.545. The molecule has 0 spiro atoms. The van der Waals surface area contributed by atoms with E-state index in [0.29, 0.717) is 11.2 Å². The highest BCUT2D eigenvalue weighted by Gasteiger charge is 2.47. The van der Waals surface area contributed by atoms with Gasteiger partial charge in [0.1, 0.15) is 36.3 Å². The van der Waals surface area contributed by atoms with Crippen molar-refractivity contribution in [2.75, 3.05) is 12.3 Å². The minimum absolute atomic E-state index is 0.179. The molecule has 10 heteroatoms. The molecule has 1 aliphatic rings. The fourth-order valence-electron chi connectivity index (χ4n) is 2.39.